The number of primary amides is 1. The van der Waals surface area contributed by atoms with Crippen molar-refractivity contribution in [2.24, 2.45) is 5.73 Å². The van der Waals surface area contributed by atoms with Crippen LogP contribution in [0.3, 0.4) is 0 Å². The molecular weight excluding hydrogens is 297 g/mol. The van der Waals surface area contributed by atoms with Crippen molar-refractivity contribution in [1.29, 1.82) is 0 Å². The largest absolute Gasteiger partial charge is 0.495 e. The molecule has 1 amide bonds. The summed E-state index contributed by atoms with van der Waals surface area (Å²) < 4.78 is 5.70. The van der Waals surface area contributed by atoms with Crippen LogP contribution in [0.2, 0.25) is 0 Å². The van der Waals surface area contributed by atoms with Crippen molar-refractivity contribution in [3.63, 3.8) is 0 Å². The van der Waals surface area contributed by atoms with Gasteiger partial charge in [-0.3, -0.25) is 9.59 Å². The summed E-state index contributed by atoms with van der Waals surface area (Å²) in [4.78, 5) is 21.6. The molecule has 0 spiro atoms. The van der Waals surface area contributed by atoms with Gasteiger partial charge in [0, 0.05) is 5.56 Å². The Labute approximate surface area is 94.6 Å². The lowest BCUT2D eigenvalue weighted by atomic mass is 10.1. The predicted octanol–water partition coefficient (Wildman–Crippen LogP) is 1.21. The number of hydrogen-bond acceptors (Lipinski definition) is 3. The molecule has 0 unspecified atom stereocenters. The van der Waals surface area contributed by atoms with Gasteiger partial charge in [-0.1, -0.05) is 0 Å². The van der Waals surface area contributed by atoms with E-state index in [0.717, 1.165) is 0 Å². The summed E-state index contributed by atoms with van der Waals surface area (Å²) in [7, 11) is 1.45. The molecule has 0 atom stereocenters. The number of halogens is 1. The Morgan fingerprint density at radius 1 is 1.57 bits per heavy atom. The standard InChI is InChI=1S/C9H8INO3/c1-14-8-6(9(11)13)2-5(4-12)3-7(8)10/h2-4H,1H3,(H2,11,13). The molecular formula is C9H8INO3. The number of carbonyl (C=O) groups is 2. The summed E-state index contributed by atoms with van der Waals surface area (Å²) in [6.07, 6.45) is 0.661. The zero-order valence-electron chi connectivity index (χ0n) is 7.41. The Kier molecular flexibility index (Phi) is 3.45. The molecule has 1 rings (SSSR count). The summed E-state index contributed by atoms with van der Waals surface area (Å²) in [6.45, 7) is 0. The van der Waals surface area contributed by atoms with Crippen LogP contribution in [0.5, 0.6) is 5.75 Å². The Morgan fingerprint density at radius 3 is 2.64 bits per heavy atom. The topological polar surface area (TPSA) is 69.4 Å². The average Bonchev–Trinajstić information content (AvgIpc) is 2.16. The minimum absolute atomic E-state index is 0.224. The summed E-state index contributed by atoms with van der Waals surface area (Å²) in [5.74, 6) is -0.202. The van der Waals surface area contributed by atoms with E-state index in [0.29, 0.717) is 21.2 Å². The third kappa shape index (κ3) is 2.03. The lowest BCUT2D eigenvalue weighted by Gasteiger charge is -2.08. The molecule has 5 heteroatoms. The number of nitrogens with two attached hydrogens (primary N) is 1. The van der Waals surface area contributed by atoms with E-state index in [1.54, 1.807) is 6.07 Å². The first kappa shape index (κ1) is 11.0. The second-order valence-electron chi connectivity index (χ2n) is 2.57. The van der Waals surface area contributed by atoms with Gasteiger partial charge in [-0.2, -0.15) is 0 Å². The Hall–Kier alpha value is -1.11. The maximum atomic E-state index is 11.0. The maximum Gasteiger partial charge on any atom is 0.252 e. The molecule has 4 nitrogen and oxygen atoms in total. The average molecular weight is 305 g/mol. The molecule has 0 aliphatic heterocycles. The molecule has 0 aliphatic carbocycles. The summed E-state index contributed by atoms with van der Waals surface area (Å²) in [5.41, 5.74) is 5.77. The second kappa shape index (κ2) is 4.41. The summed E-state index contributed by atoms with van der Waals surface area (Å²) in [5, 5.41) is 0. The van der Waals surface area contributed by atoms with Gasteiger partial charge in [0.2, 0.25) is 0 Å². The number of hydrogen-bond donors (Lipinski definition) is 1. The number of rotatable bonds is 3. The molecule has 0 saturated carbocycles. The van der Waals surface area contributed by atoms with Crippen LogP contribution in [0.4, 0.5) is 0 Å². The highest BCUT2D eigenvalue weighted by atomic mass is 127. The molecule has 0 heterocycles. The predicted molar refractivity (Wildman–Crippen MR) is 59.6 cm³/mol. The third-order valence-corrected chi connectivity index (χ3v) is 2.47. The van der Waals surface area contributed by atoms with Crippen molar-refractivity contribution in [3.05, 3.63) is 26.8 Å². The highest BCUT2D eigenvalue weighted by Gasteiger charge is 2.13. The normalized spacial score (nSPS) is 9.57. The number of benzene rings is 1. The van der Waals surface area contributed by atoms with E-state index in [1.165, 1.54) is 13.2 Å². The van der Waals surface area contributed by atoms with Gasteiger partial charge in [0.25, 0.3) is 5.91 Å². The quantitative estimate of drug-likeness (QED) is 0.674. The van der Waals surface area contributed by atoms with Crippen LogP contribution in [0, 0.1) is 3.57 Å². The monoisotopic (exact) mass is 305 g/mol. The third-order valence-electron chi connectivity index (χ3n) is 1.67. The van der Waals surface area contributed by atoms with E-state index < -0.39 is 5.91 Å². The van der Waals surface area contributed by atoms with Crippen molar-refractivity contribution in [2.75, 3.05) is 7.11 Å². The lowest BCUT2D eigenvalue weighted by Crippen LogP contribution is -2.13. The van der Waals surface area contributed by atoms with E-state index in [-0.39, 0.29) is 5.56 Å². The van der Waals surface area contributed by atoms with Gasteiger partial charge in [0.1, 0.15) is 12.0 Å². The van der Waals surface area contributed by atoms with Crippen molar-refractivity contribution in [1.82, 2.24) is 0 Å². The van der Waals surface area contributed by atoms with E-state index in [9.17, 15) is 9.59 Å². The lowest BCUT2D eigenvalue weighted by molar-refractivity contribution is 0.0997. The van der Waals surface area contributed by atoms with Crippen molar-refractivity contribution < 1.29 is 14.3 Å². The Bertz CT molecular complexity index is 390. The second-order valence-corrected chi connectivity index (χ2v) is 3.73. The van der Waals surface area contributed by atoms with Crippen LogP contribution in [0.1, 0.15) is 20.7 Å². The molecule has 1 aromatic carbocycles. The Balaban J connectivity index is 3.42. The van der Waals surface area contributed by atoms with Crippen molar-refractivity contribution in [2.45, 2.75) is 0 Å². The van der Waals surface area contributed by atoms with Crippen molar-refractivity contribution >= 4 is 34.8 Å². The minimum Gasteiger partial charge on any atom is -0.495 e. The minimum atomic E-state index is -0.608. The van der Waals surface area contributed by atoms with Crippen LogP contribution in [0.15, 0.2) is 12.1 Å². The molecule has 0 fully saturated rings. The fourth-order valence-corrected chi connectivity index (χ4v) is 1.94. The molecule has 0 radical (unpaired) electrons. The molecule has 74 valence electrons. The number of ether oxygens (including phenoxy) is 1. The van der Waals surface area contributed by atoms with E-state index in [2.05, 4.69) is 0 Å². The van der Waals surface area contributed by atoms with Gasteiger partial charge in [-0.05, 0) is 34.7 Å². The molecule has 0 aliphatic rings. The molecule has 0 bridgehead atoms. The number of methoxy groups -OCH3 is 1. The van der Waals surface area contributed by atoms with Crippen LogP contribution in [-0.4, -0.2) is 19.3 Å². The Morgan fingerprint density at radius 2 is 2.21 bits per heavy atom. The number of carbonyl (C=O) groups excluding carboxylic acids is 2. The number of amides is 1. The van der Waals surface area contributed by atoms with Gasteiger partial charge in [0.05, 0.1) is 16.2 Å². The first-order valence-electron chi connectivity index (χ1n) is 3.72. The number of aldehydes is 1. The maximum absolute atomic E-state index is 11.0. The SMILES string of the molecule is COc1c(I)cc(C=O)cc1C(N)=O. The zero-order chi connectivity index (χ0) is 10.7. The fraction of sp³-hybridized carbons (Fsp3) is 0.111. The highest BCUT2D eigenvalue weighted by Crippen LogP contribution is 2.26. The first-order chi connectivity index (χ1) is 6.60. The van der Waals surface area contributed by atoms with Gasteiger partial charge in [-0.15, -0.1) is 0 Å². The van der Waals surface area contributed by atoms with Crippen LogP contribution >= 0.6 is 22.6 Å². The molecule has 0 saturated heterocycles. The van der Waals surface area contributed by atoms with Crippen LogP contribution in [0.25, 0.3) is 0 Å². The van der Waals surface area contributed by atoms with E-state index in [1.807, 2.05) is 22.6 Å². The van der Waals surface area contributed by atoms with Crippen LogP contribution in [-0.2, 0) is 0 Å². The fourth-order valence-electron chi connectivity index (χ4n) is 1.07. The molecule has 1 aromatic rings. The molecule has 0 aromatic heterocycles. The van der Waals surface area contributed by atoms with Gasteiger partial charge in [-0.25, -0.2) is 0 Å². The van der Waals surface area contributed by atoms with Gasteiger partial charge in [0.15, 0.2) is 0 Å². The summed E-state index contributed by atoms with van der Waals surface area (Å²) in [6, 6.07) is 3.04. The summed E-state index contributed by atoms with van der Waals surface area (Å²) >= 11 is 1.98. The van der Waals surface area contributed by atoms with E-state index in [4.69, 9.17) is 10.5 Å². The smallest absolute Gasteiger partial charge is 0.252 e. The van der Waals surface area contributed by atoms with E-state index >= 15 is 0 Å². The zero-order valence-corrected chi connectivity index (χ0v) is 9.57. The molecule has 2 N–H and O–H groups in total. The first-order valence-corrected chi connectivity index (χ1v) is 4.80. The van der Waals surface area contributed by atoms with Crippen LogP contribution < -0.4 is 10.5 Å². The molecule has 14 heavy (non-hydrogen) atoms. The van der Waals surface area contributed by atoms with Gasteiger partial charge >= 0.3 is 0 Å². The highest BCUT2D eigenvalue weighted by molar-refractivity contribution is 14.1. The van der Waals surface area contributed by atoms with Crippen molar-refractivity contribution in [3.8, 4) is 5.75 Å². The van der Waals surface area contributed by atoms with Gasteiger partial charge < -0.3 is 10.5 Å².